The van der Waals surface area contributed by atoms with Crippen molar-refractivity contribution in [3.63, 3.8) is 0 Å². The van der Waals surface area contributed by atoms with Crippen molar-refractivity contribution in [2.24, 2.45) is 0 Å². The average molecular weight is 515 g/mol. The van der Waals surface area contributed by atoms with Gasteiger partial charge < -0.3 is 19.7 Å². The summed E-state index contributed by atoms with van der Waals surface area (Å²) in [7, 11) is 1.62. The summed E-state index contributed by atoms with van der Waals surface area (Å²) in [5, 5.41) is 3.27. The molecule has 6 heteroatoms. The molecule has 6 nitrogen and oxygen atoms in total. The average Bonchev–Trinajstić information content (AvgIpc) is 2.95. The number of hydrogen-bond acceptors (Lipinski definition) is 4. The molecule has 1 N–H and O–H groups in total. The van der Waals surface area contributed by atoms with E-state index in [4.69, 9.17) is 9.47 Å². The Bertz CT molecular complexity index is 1190. The Morgan fingerprint density at radius 3 is 2.37 bits per heavy atom. The van der Waals surface area contributed by atoms with Crippen molar-refractivity contribution in [3.8, 4) is 11.5 Å². The maximum absolute atomic E-state index is 13.8. The van der Waals surface area contributed by atoms with Crippen LogP contribution in [0.4, 0.5) is 0 Å². The van der Waals surface area contributed by atoms with Crippen molar-refractivity contribution in [2.75, 3.05) is 13.7 Å². The number of para-hydroxylation sites is 1. The van der Waals surface area contributed by atoms with Gasteiger partial charge in [0.1, 0.15) is 17.5 Å². The molecule has 1 saturated carbocycles. The summed E-state index contributed by atoms with van der Waals surface area (Å²) in [6, 6.07) is 24.6. The summed E-state index contributed by atoms with van der Waals surface area (Å²) in [6.07, 6.45) is 5.81. The minimum Gasteiger partial charge on any atom is -0.497 e. The van der Waals surface area contributed by atoms with Gasteiger partial charge in [-0.3, -0.25) is 9.59 Å². The molecule has 3 aromatic carbocycles. The third-order valence-electron chi connectivity index (χ3n) is 7.15. The van der Waals surface area contributed by atoms with E-state index in [0.29, 0.717) is 17.9 Å². The molecule has 4 rings (SSSR count). The van der Waals surface area contributed by atoms with E-state index in [2.05, 4.69) is 5.32 Å². The maximum atomic E-state index is 13.8. The predicted octanol–water partition coefficient (Wildman–Crippen LogP) is 5.47. The second-order valence-corrected chi connectivity index (χ2v) is 9.98. The van der Waals surface area contributed by atoms with Crippen LogP contribution in [0.1, 0.15) is 48.8 Å². The number of aryl methyl sites for hydroxylation is 1. The minimum absolute atomic E-state index is 0.118. The first-order valence-corrected chi connectivity index (χ1v) is 13.5. The number of benzene rings is 3. The summed E-state index contributed by atoms with van der Waals surface area (Å²) in [5.41, 5.74) is 2.84. The monoisotopic (exact) mass is 514 g/mol. The van der Waals surface area contributed by atoms with E-state index in [-0.39, 0.29) is 31.0 Å². The molecule has 1 aliphatic carbocycles. The molecule has 3 aromatic rings. The minimum atomic E-state index is -0.682. The lowest BCUT2D eigenvalue weighted by Crippen LogP contribution is -2.53. The van der Waals surface area contributed by atoms with Crippen LogP contribution >= 0.6 is 0 Å². The molecule has 1 aliphatic rings. The van der Waals surface area contributed by atoms with Crippen LogP contribution in [-0.4, -0.2) is 42.5 Å². The largest absolute Gasteiger partial charge is 0.497 e. The zero-order chi connectivity index (χ0) is 26.7. The van der Waals surface area contributed by atoms with E-state index in [9.17, 15) is 9.59 Å². The van der Waals surface area contributed by atoms with Crippen molar-refractivity contribution in [2.45, 2.75) is 64.1 Å². The molecule has 0 bridgehead atoms. The van der Waals surface area contributed by atoms with Crippen molar-refractivity contribution >= 4 is 11.8 Å². The number of nitrogens with one attached hydrogen (secondary N) is 1. The number of carbonyl (C=O) groups excluding carboxylic acids is 2. The first-order chi connectivity index (χ1) is 18.5. The third-order valence-corrected chi connectivity index (χ3v) is 7.15. The summed E-state index contributed by atoms with van der Waals surface area (Å²) in [4.78, 5) is 29.3. The fourth-order valence-electron chi connectivity index (χ4n) is 5.01. The van der Waals surface area contributed by atoms with Gasteiger partial charge in [0, 0.05) is 19.0 Å². The first-order valence-electron chi connectivity index (χ1n) is 13.5. The molecule has 0 unspecified atom stereocenters. The standard InChI is InChI=1S/C32H38N2O4/c1-24-12-9-10-19-30(24)38-23-31(35)34(22-26-15-11-18-28(20-26)37-2)29(21-25-13-5-3-6-14-25)32(36)33-27-16-7-4-8-17-27/h3,5-6,9-15,18-20,27,29H,4,7-8,16-17,21-23H2,1-2H3,(H,33,36)/t29-/m0/s1. The number of hydrogen-bond donors (Lipinski definition) is 1. The Morgan fingerprint density at radius 2 is 1.63 bits per heavy atom. The molecule has 1 fully saturated rings. The fraction of sp³-hybridized carbons (Fsp3) is 0.375. The quantitative estimate of drug-likeness (QED) is 0.368. The van der Waals surface area contributed by atoms with Gasteiger partial charge in [0.05, 0.1) is 7.11 Å². The van der Waals surface area contributed by atoms with Crippen LogP contribution < -0.4 is 14.8 Å². The van der Waals surface area contributed by atoms with Crippen LogP contribution in [0.25, 0.3) is 0 Å². The summed E-state index contributed by atoms with van der Waals surface area (Å²) < 4.78 is 11.4. The fourth-order valence-corrected chi connectivity index (χ4v) is 5.01. The Balaban J connectivity index is 1.63. The van der Waals surface area contributed by atoms with Gasteiger partial charge in [-0.2, -0.15) is 0 Å². The molecule has 0 spiro atoms. The highest BCUT2D eigenvalue weighted by atomic mass is 16.5. The summed E-state index contributed by atoms with van der Waals surface area (Å²) in [6.45, 7) is 2.06. The second kappa shape index (κ2) is 13.7. The molecule has 0 aromatic heterocycles. The Hall–Kier alpha value is -3.80. The maximum Gasteiger partial charge on any atom is 0.261 e. The van der Waals surface area contributed by atoms with Gasteiger partial charge in [0.2, 0.25) is 5.91 Å². The van der Waals surface area contributed by atoms with Gasteiger partial charge in [0.15, 0.2) is 6.61 Å². The zero-order valence-electron chi connectivity index (χ0n) is 22.4. The van der Waals surface area contributed by atoms with Crippen molar-refractivity contribution in [1.29, 1.82) is 0 Å². The smallest absolute Gasteiger partial charge is 0.261 e. The van der Waals surface area contributed by atoms with E-state index >= 15 is 0 Å². The third kappa shape index (κ3) is 7.60. The molecule has 0 radical (unpaired) electrons. The number of ether oxygens (including phenoxy) is 2. The lowest BCUT2D eigenvalue weighted by atomic mass is 9.94. The topological polar surface area (TPSA) is 67.9 Å². The summed E-state index contributed by atoms with van der Waals surface area (Å²) >= 11 is 0. The van der Waals surface area contributed by atoms with Crippen LogP contribution in [0.2, 0.25) is 0 Å². The van der Waals surface area contributed by atoms with Gasteiger partial charge in [-0.25, -0.2) is 0 Å². The normalized spacial score (nSPS) is 14.4. The van der Waals surface area contributed by atoms with Crippen LogP contribution in [-0.2, 0) is 22.6 Å². The number of carbonyl (C=O) groups is 2. The van der Waals surface area contributed by atoms with Gasteiger partial charge in [-0.1, -0.05) is 79.9 Å². The van der Waals surface area contributed by atoms with Gasteiger partial charge in [-0.15, -0.1) is 0 Å². The molecule has 0 aliphatic heterocycles. The Labute approximate surface area is 226 Å². The molecule has 38 heavy (non-hydrogen) atoms. The van der Waals surface area contributed by atoms with Crippen LogP contribution in [0.5, 0.6) is 11.5 Å². The van der Waals surface area contributed by atoms with Gasteiger partial charge >= 0.3 is 0 Å². The number of nitrogens with zero attached hydrogens (tertiary/aromatic N) is 1. The van der Waals surface area contributed by atoms with E-state index < -0.39 is 6.04 Å². The molecule has 0 saturated heterocycles. The molecule has 2 amide bonds. The van der Waals surface area contributed by atoms with Crippen molar-refractivity contribution in [1.82, 2.24) is 10.2 Å². The molecular weight excluding hydrogens is 476 g/mol. The van der Waals surface area contributed by atoms with Crippen molar-refractivity contribution in [3.05, 3.63) is 95.6 Å². The number of amides is 2. The molecule has 200 valence electrons. The first kappa shape index (κ1) is 27.2. The van der Waals surface area contributed by atoms with Gasteiger partial charge in [-0.05, 0) is 54.7 Å². The van der Waals surface area contributed by atoms with Crippen molar-refractivity contribution < 1.29 is 19.1 Å². The lowest BCUT2D eigenvalue weighted by molar-refractivity contribution is -0.143. The predicted molar refractivity (Wildman–Crippen MR) is 149 cm³/mol. The van der Waals surface area contributed by atoms with E-state index in [0.717, 1.165) is 42.4 Å². The molecule has 1 atom stereocenters. The number of methoxy groups -OCH3 is 1. The molecule has 0 heterocycles. The zero-order valence-corrected chi connectivity index (χ0v) is 22.4. The highest BCUT2D eigenvalue weighted by Gasteiger charge is 2.32. The Kier molecular flexibility index (Phi) is 9.79. The lowest BCUT2D eigenvalue weighted by Gasteiger charge is -2.33. The summed E-state index contributed by atoms with van der Waals surface area (Å²) in [5.74, 6) is 1.01. The van der Waals surface area contributed by atoms with E-state index in [1.165, 1.54) is 6.42 Å². The van der Waals surface area contributed by atoms with Gasteiger partial charge in [0.25, 0.3) is 5.91 Å². The highest BCUT2D eigenvalue weighted by Crippen LogP contribution is 2.22. The van der Waals surface area contributed by atoms with Crippen LogP contribution in [0, 0.1) is 6.92 Å². The SMILES string of the molecule is COc1cccc(CN(C(=O)COc2ccccc2C)[C@@H](Cc2ccccc2)C(=O)NC2CCCCC2)c1. The van der Waals surface area contributed by atoms with Crippen LogP contribution in [0.15, 0.2) is 78.9 Å². The van der Waals surface area contributed by atoms with E-state index in [1.54, 1.807) is 12.0 Å². The Morgan fingerprint density at radius 1 is 0.921 bits per heavy atom. The number of rotatable bonds is 11. The highest BCUT2D eigenvalue weighted by molar-refractivity contribution is 5.88. The molecular formula is C32H38N2O4. The van der Waals surface area contributed by atoms with Crippen LogP contribution in [0.3, 0.4) is 0 Å². The van der Waals surface area contributed by atoms with E-state index in [1.807, 2.05) is 85.8 Å². The second-order valence-electron chi connectivity index (χ2n) is 9.98.